The molecule has 0 bridgehead atoms. The first-order valence-electron chi connectivity index (χ1n) is 4.09. The van der Waals surface area contributed by atoms with Gasteiger partial charge < -0.3 is 10.3 Å². The van der Waals surface area contributed by atoms with E-state index in [9.17, 15) is 0 Å². The van der Waals surface area contributed by atoms with Gasteiger partial charge in [-0.1, -0.05) is 18.0 Å². The van der Waals surface area contributed by atoms with Gasteiger partial charge in [-0.2, -0.15) is 0 Å². The molecule has 0 fully saturated rings. The molecule has 0 aliphatic carbocycles. The maximum atomic E-state index is 8.46. The molecule has 0 atom stereocenters. The van der Waals surface area contributed by atoms with Gasteiger partial charge in [0.1, 0.15) is 0 Å². The van der Waals surface area contributed by atoms with Gasteiger partial charge in [-0.15, -0.1) is 0 Å². The predicted molar refractivity (Wildman–Crippen MR) is 45.1 cm³/mol. The number of aliphatic hydroxyl groups excluding tert-OH is 1. The maximum absolute atomic E-state index is 8.46. The van der Waals surface area contributed by atoms with Gasteiger partial charge in [-0.3, -0.25) is 0 Å². The van der Waals surface area contributed by atoms with Crippen LogP contribution in [-0.2, 0) is 0 Å². The lowest BCUT2D eigenvalue weighted by atomic mass is 10.1. The van der Waals surface area contributed by atoms with E-state index in [1.54, 1.807) is 0 Å². The molecule has 0 rings (SSSR count). The Morgan fingerprint density at radius 1 is 1.18 bits per heavy atom. The quantitative estimate of drug-likeness (QED) is 0.268. The van der Waals surface area contributed by atoms with Crippen LogP contribution in [0.1, 0.15) is 39.0 Å². The van der Waals surface area contributed by atoms with E-state index in [0.29, 0.717) is 0 Å². The summed E-state index contributed by atoms with van der Waals surface area (Å²) in [5, 5.41) is 19.8. The minimum atomic E-state index is 0.285. The number of rotatable bonds is 6. The highest BCUT2D eigenvalue weighted by molar-refractivity contribution is 5.81. The van der Waals surface area contributed by atoms with Gasteiger partial charge in [0.25, 0.3) is 0 Å². The molecule has 0 aliphatic heterocycles. The highest BCUT2D eigenvalue weighted by atomic mass is 16.4. The molecule has 0 aromatic heterocycles. The molecule has 0 saturated heterocycles. The summed E-state index contributed by atoms with van der Waals surface area (Å²) >= 11 is 0. The Kier molecular flexibility index (Phi) is 7.15. The van der Waals surface area contributed by atoms with Crippen molar-refractivity contribution in [2.24, 2.45) is 5.16 Å². The van der Waals surface area contributed by atoms with Crippen molar-refractivity contribution in [2.75, 3.05) is 6.61 Å². The summed E-state index contributed by atoms with van der Waals surface area (Å²) in [6.45, 7) is 2.10. The monoisotopic (exact) mass is 159 g/mol. The molecular weight excluding hydrogens is 142 g/mol. The molecule has 0 aromatic carbocycles. The maximum Gasteiger partial charge on any atom is 0.0540 e. The van der Waals surface area contributed by atoms with Crippen molar-refractivity contribution in [1.82, 2.24) is 0 Å². The van der Waals surface area contributed by atoms with Crippen molar-refractivity contribution in [3.05, 3.63) is 0 Å². The highest BCUT2D eigenvalue weighted by Crippen LogP contribution is 2.03. The van der Waals surface area contributed by atoms with Gasteiger partial charge in [0.15, 0.2) is 0 Å². The fourth-order valence-electron chi connectivity index (χ4n) is 0.896. The van der Waals surface area contributed by atoms with Crippen LogP contribution >= 0.6 is 0 Å². The Morgan fingerprint density at radius 2 is 1.82 bits per heavy atom. The Morgan fingerprint density at radius 3 is 2.36 bits per heavy atom. The second kappa shape index (κ2) is 7.54. The van der Waals surface area contributed by atoms with Crippen LogP contribution in [0.2, 0.25) is 0 Å². The molecule has 0 heterocycles. The minimum absolute atomic E-state index is 0.285. The molecule has 0 amide bonds. The van der Waals surface area contributed by atoms with Gasteiger partial charge in [-0.25, -0.2) is 0 Å². The van der Waals surface area contributed by atoms with Crippen molar-refractivity contribution < 1.29 is 10.3 Å². The summed E-state index contributed by atoms with van der Waals surface area (Å²) in [6.07, 6.45) is 4.97. The molecule has 0 radical (unpaired) electrons. The van der Waals surface area contributed by atoms with E-state index in [-0.39, 0.29) is 6.61 Å². The standard InChI is InChI=1S/C8H17NO2/c1-8(9-11)6-4-2-3-5-7-10/h10-11H,2-7H2,1H3. The topological polar surface area (TPSA) is 52.8 Å². The third kappa shape index (κ3) is 7.33. The summed E-state index contributed by atoms with van der Waals surface area (Å²) in [4.78, 5) is 0. The van der Waals surface area contributed by atoms with Crippen LogP contribution < -0.4 is 0 Å². The lowest BCUT2D eigenvalue weighted by Crippen LogP contribution is -1.91. The average molecular weight is 159 g/mol. The zero-order valence-corrected chi connectivity index (χ0v) is 7.08. The van der Waals surface area contributed by atoms with Gasteiger partial charge >= 0.3 is 0 Å². The molecule has 0 saturated carbocycles. The Bertz CT molecular complexity index is 113. The highest BCUT2D eigenvalue weighted by Gasteiger charge is 1.92. The predicted octanol–water partition coefficient (Wildman–Crippen LogP) is 1.78. The van der Waals surface area contributed by atoms with E-state index in [1.807, 2.05) is 6.92 Å². The number of aliphatic hydroxyl groups is 1. The first-order valence-corrected chi connectivity index (χ1v) is 4.09. The first-order chi connectivity index (χ1) is 5.31. The van der Waals surface area contributed by atoms with Crippen LogP contribution in [0.4, 0.5) is 0 Å². The van der Waals surface area contributed by atoms with Crippen LogP contribution in [0.3, 0.4) is 0 Å². The molecule has 0 spiro atoms. The number of oxime groups is 1. The normalized spacial score (nSPS) is 12.0. The fraction of sp³-hybridized carbons (Fsp3) is 0.875. The van der Waals surface area contributed by atoms with Gasteiger partial charge in [-0.05, 0) is 26.2 Å². The Labute approximate surface area is 67.7 Å². The van der Waals surface area contributed by atoms with Crippen LogP contribution in [0, 0.1) is 0 Å². The van der Waals surface area contributed by atoms with E-state index < -0.39 is 0 Å². The molecule has 0 aromatic rings. The largest absolute Gasteiger partial charge is 0.411 e. The molecule has 3 nitrogen and oxygen atoms in total. The van der Waals surface area contributed by atoms with Crippen LogP contribution in [-0.4, -0.2) is 22.6 Å². The summed E-state index contributed by atoms with van der Waals surface area (Å²) in [5.74, 6) is 0. The molecule has 11 heavy (non-hydrogen) atoms. The van der Waals surface area contributed by atoms with Crippen LogP contribution in [0.5, 0.6) is 0 Å². The third-order valence-corrected chi connectivity index (χ3v) is 1.62. The van der Waals surface area contributed by atoms with Gasteiger partial charge in [0.05, 0.1) is 5.71 Å². The zero-order chi connectivity index (χ0) is 8.53. The van der Waals surface area contributed by atoms with Crippen molar-refractivity contribution in [3.63, 3.8) is 0 Å². The molecule has 2 N–H and O–H groups in total. The van der Waals surface area contributed by atoms with Crippen molar-refractivity contribution >= 4 is 5.71 Å². The summed E-state index contributed by atoms with van der Waals surface area (Å²) in [7, 11) is 0. The number of unbranched alkanes of at least 4 members (excludes halogenated alkanes) is 3. The summed E-state index contributed by atoms with van der Waals surface area (Å²) in [5.41, 5.74) is 0.786. The van der Waals surface area contributed by atoms with Gasteiger partial charge in [0, 0.05) is 6.61 Å². The van der Waals surface area contributed by atoms with E-state index in [4.69, 9.17) is 10.3 Å². The zero-order valence-electron chi connectivity index (χ0n) is 7.08. The molecule has 0 aliphatic rings. The van der Waals surface area contributed by atoms with Gasteiger partial charge in [0.2, 0.25) is 0 Å². The SMILES string of the molecule is CC(CCCCCCO)=NO. The van der Waals surface area contributed by atoms with Crippen molar-refractivity contribution in [2.45, 2.75) is 39.0 Å². The smallest absolute Gasteiger partial charge is 0.0540 e. The van der Waals surface area contributed by atoms with Crippen molar-refractivity contribution in [3.8, 4) is 0 Å². The van der Waals surface area contributed by atoms with Crippen LogP contribution in [0.25, 0.3) is 0 Å². The second-order valence-corrected chi connectivity index (χ2v) is 2.72. The Hall–Kier alpha value is -0.570. The lowest BCUT2D eigenvalue weighted by molar-refractivity contribution is 0.282. The van der Waals surface area contributed by atoms with E-state index in [0.717, 1.165) is 37.8 Å². The average Bonchev–Trinajstić information content (AvgIpc) is 2.04. The molecular formula is C8H17NO2. The number of hydrogen-bond acceptors (Lipinski definition) is 3. The first kappa shape index (κ1) is 10.4. The lowest BCUT2D eigenvalue weighted by Gasteiger charge is -1.97. The van der Waals surface area contributed by atoms with E-state index in [2.05, 4.69) is 5.16 Å². The van der Waals surface area contributed by atoms with Crippen LogP contribution in [0.15, 0.2) is 5.16 Å². The van der Waals surface area contributed by atoms with E-state index >= 15 is 0 Å². The molecule has 0 unspecified atom stereocenters. The van der Waals surface area contributed by atoms with E-state index in [1.165, 1.54) is 0 Å². The minimum Gasteiger partial charge on any atom is -0.411 e. The summed E-state index contributed by atoms with van der Waals surface area (Å²) in [6, 6.07) is 0. The number of hydrogen-bond donors (Lipinski definition) is 2. The molecule has 66 valence electrons. The second-order valence-electron chi connectivity index (χ2n) is 2.72. The van der Waals surface area contributed by atoms with Crippen molar-refractivity contribution in [1.29, 1.82) is 0 Å². The Balaban J connectivity index is 3.02. The third-order valence-electron chi connectivity index (χ3n) is 1.62. The molecule has 3 heteroatoms. The fourth-order valence-corrected chi connectivity index (χ4v) is 0.896. The summed E-state index contributed by atoms with van der Waals surface area (Å²) < 4.78 is 0. The number of nitrogens with zero attached hydrogens (tertiary/aromatic N) is 1.